The maximum atomic E-state index is 10.3. The molecule has 1 aliphatic heterocycles. The molecule has 0 aromatic rings. The fourth-order valence-electron chi connectivity index (χ4n) is 0.942. The summed E-state index contributed by atoms with van der Waals surface area (Å²) in [5.74, 6) is -1.10. The normalized spacial score (nSPS) is 38.5. The van der Waals surface area contributed by atoms with Crippen LogP contribution in [0.25, 0.3) is 0 Å². The third-order valence-electron chi connectivity index (χ3n) is 1.64. The fraction of sp³-hybridized carbons (Fsp3) is 0.833. The van der Waals surface area contributed by atoms with E-state index in [2.05, 4.69) is 0 Å². The van der Waals surface area contributed by atoms with Gasteiger partial charge in [0.1, 0.15) is 6.10 Å². The lowest BCUT2D eigenvalue weighted by atomic mass is 10.0. The molecular weight excluding hydrogens is 152 g/mol. The van der Waals surface area contributed by atoms with Gasteiger partial charge in [0.15, 0.2) is 6.10 Å². The van der Waals surface area contributed by atoms with Gasteiger partial charge in [0.2, 0.25) is 0 Å². The standard InChI is InChI=1S/C6H10O5/c7-3-1-5(6(9)10)11-2-4(3)8/h3-5,7-8H,1-2H2,(H,9,10)/t3?,4?,5-/m1/s1. The van der Waals surface area contributed by atoms with Crippen molar-refractivity contribution in [1.82, 2.24) is 0 Å². The van der Waals surface area contributed by atoms with Crippen LogP contribution in [0.5, 0.6) is 0 Å². The number of hydrogen-bond donors (Lipinski definition) is 3. The molecule has 11 heavy (non-hydrogen) atoms. The van der Waals surface area contributed by atoms with E-state index in [1.54, 1.807) is 0 Å². The summed E-state index contributed by atoms with van der Waals surface area (Å²) < 4.78 is 4.71. The SMILES string of the molecule is O=C(O)[C@H]1CC(O)C(O)CO1. The molecule has 0 aliphatic carbocycles. The van der Waals surface area contributed by atoms with E-state index in [-0.39, 0.29) is 13.0 Å². The molecule has 0 bridgehead atoms. The van der Waals surface area contributed by atoms with Crippen molar-refractivity contribution >= 4 is 5.97 Å². The third kappa shape index (κ3) is 1.89. The van der Waals surface area contributed by atoms with Crippen LogP contribution in [-0.4, -0.2) is 46.2 Å². The molecule has 5 heteroatoms. The van der Waals surface area contributed by atoms with E-state index in [4.69, 9.17) is 20.1 Å². The van der Waals surface area contributed by atoms with Gasteiger partial charge in [-0.2, -0.15) is 0 Å². The molecule has 0 aromatic heterocycles. The average Bonchev–Trinajstić information content (AvgIpc) is 1.94. The molecule has 0 spiro atoms. The third-order valence-corrected chi connectivity index (χ3v) is 1.64. The Balaban J connectivity index is 2.46. The second-order valence-corrected chi connectivity index (χ2v) is 2.53. The van der Waals surface area contributed by atoms with Crippen LogP contribution in [0.1, 0.15) is 6.42 Å². The van der Waals surface area contributed by atoms with Gasteiger partial charge < -0.3 is 20.1 Å². The molecule has 1 fully saturated rings. The summed E-state index contributed by atoms with van der Waals surface area (Å²) in [4.78, 5) is 10.3. The zero-order valence-corrected chi connectivity index (χ0v) is 5.80. The Labute approximate surface area is 63.2 Å². The number of aliphatic carboxylic acids is 1. The summed E-state index contributed by atoms with van der Waals surface area (Å²) in [6, 6.07) is 0. The second-order valence-electron chi connectivity index (χ2n) is 2.53. The van der Waals surface area contributed by atoms with Crippen molar-refractivity contribution < 1.29 is 24.9 Å². The monoisotopic (exact) mass is 162 g/mol. The van der Waals surface area contributed by atoms with Gasteiger partial charge in [-0.25, -0.2) is 4.79 Å². The molecule has 64 valence electrons. The van der Waals surface area contributed by atoms with Crippen molar-refractivity contribution in [3.8, 4) is 0 Å². The van der Waals surface area contributed by atoms with Gasteiger partial charge in [0.05, 0.1) is 12.7 Å². The molecule has 2 unspecified atom stereocenters. The quantitative estimate of drug-likeness (QED) is 0.440. The van der Waals surface area contributed by atoms with Crippen molar-refractivity contribution in [2.24, 2.45) is 0 Å². The van der Waals surface area contributed by atoms with E-state index in [1.165, 1.54) is 0 Å². The Hall–Kier alpha value is -0.650. The molecule has 1 aliphatic rings. The predicted octanol–water partition coefficient (Wildman–Crippen LogP) is -1.42. The largest absolute Gasteiger partial charge is 0.479 e. The van der Waals surface area contributed by atoms with E-state index in [0.29, 0.717) is 0 Å². The van der Waals surface area contributed by atoms with Crippen LogP contribution in [0.4, 0.5) is 0 Å². The summed E-state index contributed by atoms with van der Waals surface area (Å²) in [6.45, 7) is -0.113. The molecule has 1 rings (SSSR count). The lowest BCUT2D eigenvalue weighted by Crippen LogP contribution is -2.44. The van der Waals surface area contributed by atoms with Gasteiger partial charge in [-0.15, -0.1) is 0 Å². The smallest absolute Gasteiger partial charge is 0.332 e. The van der Waals surface area contributed by atoms with Crippen LogP contribution in [0, 0.1) is 0 Å². The Bertz CT molecular complexity index is 157. The van der Waals surface area contributed by atoms with Gasteiger partial charge in [-0.05, 0) is 0 Å². The summed E-state index contributed by atoms with van der Waals surface area (Å²) in [5, 5.41) is 26.3. The number of carbonyl (C=O) groups is 1. The van der Waals surface area contributed by atoms with Crippen LogP contribution in [0.2, 0.25) is 0 Å². The maximum Gasteiger partial charge on any atom is 0.332 e. The van der Waals surface area contributed by atoms with Crippen LogP contribution in [0.15, 0.2) is 0 Å². The molecule has 0 amide bonds. The van der Waals surface area contributed by atoms with Gasteiger partial charge in [0, 0.05) is 6.42 Å². The lowest BCUT2D eigenvalue weighted by molar-refractivity contribution is -0.168. The Kier molecular flexibility index (Phi) is 2.43. The zero-order valence-electron chi connectivity index (χ0n) is 5.80. The van der Waals surface area contributed by atoms with Gasteiger partial charge in [0.25, 0.3) is 0 Å². The molecule has 1 heterocycles. The van der Waals surface area contributed by atoms with Crippen molar-refractivity contribution in [2.45, 2.75) is 24.7 Å². The van der Waals surface area contributed by atoms with Crippen LogP contribution < -0.4 is 0 Å². The fourth-order valence-corrected chi connectivity index (χ4v) is 0.942. The van der Waals surface area contributed by atoms with Crippen molar-refractivity contribution in [1.29, 1.82) is 0 Å². The first-order valence-electron chi connectivity index (χ1n) is 3.32. The first-order valence-corrected chi connectivity index (χ1v) is 3.32. The van der Waals surface area contributed by atoms with Gasteiger partial charge >= 0.3 is 5.97 Å². The van der Waals surface area contributed by atoms with Crippen molar-refractivity contribution in [3.05, 3.63) is 0 Å². The minimum absolute atomic E-state index is 0.0451. The number of rotatable bonds is 1. The molecule has 3 atom stereocenters. The number of aliphatic hydroxyl groups is 2. The van der Waals surface area contributed by atoms with E-state index in [0.717, 1.165) is 0 Å². The molecule has 5 nitrogen and oxygen atoms in total. The topological polar surface area (TPSA) is 87.0 Å². The first kappa shape index (κ1) is 8.45. The summed E-state index contributed by atoms with van der Waals surface area (Å²) in [6.07, 6.45) is -2.96. The Morgan fingerprint density at radius 2 is 2.00 bits per heavy atom. The van der Waals surface area contributed by atoms with Gasteiger partial charge in [-0.3, -0.25) is 0 Å². The van der Waals surface area contributed by atoms with Crippen molar-refractivity contribution in [3.63, 3.8) is 0 Å². The molecule has 0 aromatic carbocycles. The van der Waals surface area contributed by atoms with E-state index < -0.39 is 24.3 Å². The summed E-state index contributed by atoms with van der Waals surface area (Å²) in [7, 11) is 0. The van der Waals surface area contributed by atoms with Crippen molar-refractivity contribution in [2.75, 3.05) is 6.61 Å². The average molecular weight is 162 g/mol. The molecular formula is C6H10O5. The van der Waals surface area contributed by atoms with Crippen LogP contribution >= 0.6 is 0 Å². The Morgan fingerprint density at radius 1 is 1.36 bits per heavy atom. The number of ether oxygens (including phenoxy) is 1. The number of hydrogen-bond acceptors (Lipinski definition) is 4. The first-order chi connectivity index (χ1) is 5.11. The minimum Gasteiger partial charge on any atom is -0.479 e. The molecule has 1 saturated heterocycles. The van der Waals surface area contributed by atoms with Crippen LogP contribution in [-0.2, 0) is 9.53 Å². The molecule has 3 N–H and O–H groups in total. The minimum atomic E-state index is -1.10. The number of carboxylic acid groups (broad SMARTS) is 1. The number of aliphatic hydroxyl groups excluding tert-OH is 2. The second kappa shape index (κ2) is 3.17. The molecule has 0 radical (unpaired) electrons. The number of carboxylic acids is 1. The highest BCUT2D eigenvalue weighted by molar-refractivity contribution is 5.72. The highest BCUT2D eigenvalue weighted by Crippen LogP contribution is 2.14. The molecule has 0 saturated carbocycles. The Morgan fingerprint density at radius 3 is 2.45 bits per heavy atom. The van der Waals surface area contributed by atoms with E-state index in [1.807, 2.05) is 0 Å². The predicted molar refractivity (Wildman–Crippen MR) is 34.0 cm³/mol. The van der Waals surface area contributed by atoms with E-state index >= 15 is 0 Å². The van der Waals surface area contributed by atoms with Crippen LogP contribution in [0.3, 0.4) is 0 Å². The lowest BCUT2D eigenvalue weighted by Gasteiger charge is -2.27. The zero-order chi connectivity index (χ0) is 8.43. The van der Waals surface area contributed by atoms with Gasteiger partial charge in [-0.1, -0.05) is 0 Å². The maximum absolute atomic E-state index is 10.3. The summed E-state index contributed by atoms with van der Waals surface area (Å²) in [5.41, 5.74) is 0. The highest BCUT2D eigenvalue weighted by atomic mass is 16.5. The highest BCUT2D eigenvalue weighted by Gasteiger charge is 2.32. The summed E-state index contributed by atoms with van der Waals surface area (Å²) >= 11 is 0. The van der Waals surface area contributed by atoms with E-state index in [9.17, 15) is 4.79 Å².